The Kier molecular flexibility index (Phi) is 3.90. The standard InChI is InChI=1S/C9H13IN2O/c1-7(2)3-4-12-5-8(6-13)9(10)11-12/h5-7H,3-4H2,1-2H3. The van der Waals surface area contributed by atoms with Gasteiger partial charge in [-0.3, -0.25) is 9.48 Å². The van der Waals surface area contributed by atoms with Crippen LogP contribution in [0.4, 0.5) is 0 Å². The number of carbonyl (C=O) groups excluding carboxylic acids is 1. The number of halogens is 1. The van der Waals surface area contributed by atoms with Crippen LogP contribution in [-0.2, 0) is 6.54 Å². The zero-order chi connectivity index (χ0) is 9.84. The summed E-state index contributed by atoms with van der Waals surface area (Å²) in [6.07, 6.45) is 3.74. The van der Waals surface area contributed by atoms with E-state index in [1.807, 2.05) is 4.68 Å². The molecule has 0 saturated carbocycles. The van der Waals surface area contributed by atoms with Gasteiger partial charge in [0, 0.05) is 12.7 Å². The molecule has 0 atom stereocenters. The van der Waals surface area contributed by atoms with Crippen LogP contribution in [0.25, 0.3) is 0 Å². The Balaban J connectivity index is 2.63. The zero-order valence-corrected chi connectivity index (χ0v) is 9.98. The number of aldehydes is 1. The van der Waals surface area contributed by atoms with Gasteiger partial charge in [0.25, 0.3) is 0 Å². The van der Waals surface area contributed by atoms with Gasteiger partial charge in [-0.25, -0.2) is 0 Å². The largest absolute Gasteiger partial charge is 0.298 e. The van der Waals surface area contributed by atoms with Crippen LogP contribution in [0.3, 0.4) is 0 Å². The van der Waals surface area contributed by atoms with E-state index >= 15 is 0 Å². The first-order valence-corrected chi connectivity index (χ1v) is 5.39. The molecular formula is C9H13IN2O. The molecule has 1 aromatic rings. The third-order valence-corrected chi connectivity index (χ3v) is 2.64. The molecule has 0 aliphatic heterocycles. The topological polar surface area (TPSA) is 34.9 Å². The molecule has 1 rings (SSSR count). The zero-order valence-electron chi connectivity index (χ0n) is 7.83. The van der Waals surface area contributed by atoms with E-state index in [4.69, 9.17) is 0 Å². The minimum absolute atomic E-state index is 0.668. The smallest absolute Gasteiger partial charge is 0.154 e. The molecule has 0 unspecified atom stereocenters. The van der Waals surface area contributed by atoms with Crippen molar-refractivity contribution in [3.8, 4) is 0 Å². The highest BCUT2D eigenvalue weighted by molar-refractivity contribution is 14.1. The normalized spacial score (nSPS) is 10.8. The number of hydrogen-bond donors (Lipinski definition) is 0. The summed E-state index contributed by atoms with van der Waals surface area (Å²) in [6, 6.07) is 0. The maximum Gasteiger partial charge on any atom is 0.154 e. The molecule has 0 amide bonds. The van der Waals surface area contributed by atoms with Gasteiger partial charge >= 0.3 is 0 Å². The first kappa shape index (κ1) is 10.7. The van der Waals surface area contributed by atoms with E-state index in [0.29, 0.717) is 11.5 Å². The van der Waals surface area contributed by atoms with Gasteiger partial charge in [-0.05, 0) is 34.9 Å². The van der Waals surface area contributed by atoms with Gasteiger partial charge in [0.1, 0.15) is 3.70 Å². The Hall–Kier alpha value is -0.390. The molecule has 0 N–H and O–H groups in total. The average Bonchev–Trinajstić information content (AvgIpc) is 2.43. The molecule has 0 fully saturated rings. The van der Waals surface area contributed by atoms with Crippen molar-refractivity contribution < 1.29 is 4.79 Å². The molecule has 0 radical (unpaired) electrons. The van der Waals surface area contributed by atoms with Crippen LogP contribution >= 0.6 is 22.6 Å². The summed E-state index contributed by atoms with van der Waals surface area (Å²) in [7, 11) is 0. The highest BCUT2D eigenvalue weighted by atomic mass is 127. The van der Waals surface area contributed by atoms with Crippen molar-refractivity contribution in [1.82, 2.24) is 9.78 Å². The van der Waals surface area contributed by atoms with Gasteiger partial charge in [0.15, 0.2) is 6.29 Å². The Bertz CT molecular complexity index is 294. The number of nitrogens with zero attached hydrogens (tertiary/aromatic N) is 2. The van der Waals surface area contributed by atoms with Crippen LogP contribution in [0.2, 0.25) is 0 Å². The third kappa shape index (κ3) is 3.10. The first-order valence-electron chi connectivity index (χ1n) is 4.31. The third-order valence-electron chi connectivity index (χ3n) is 1.81. The number of aryl methyl sites for hydroxylation is 1. The van der Waals surface area contributed by atoms with Crippen molar-refractivity contribution in [1.29, 1.82) is 0 Å². The number of rotatable bonds is 4. The van der Waals surface area contributed by atoms with Crippen LogP contribution < -0.4 is 0 Å². The Morgan fingerprint density at radius 2 is 2.38 bits per heavy atom. The van der Waals surface area contributed by atoms with Crippen molar-refractivity contribution in [2.24, 2.45) is 5.92 Å². The summed E-state index contributed by atoms with van der Waals surface area (Å²) in [4.78, 5) is 10.5. The van der Waals surface area contributed by atoms with Gasteiger partial charge in [-0.1, -0.05) is 13.8 Å². The summed E-state index contributed by atoms with van der Waals surface area (Å²) >= 11 is 2.08. The summed E-state index contributed by atoms with van der Waals surface area (Å²) in [5.74, 6) is 0.668. The maximum atomic E-state index is 10.5. The van der Waals surface area contributed by atoms with Crippen molar-refractivity contribution in [3.63, 3.8) is 0 Å². The Morgan fingerprint density at radius 1 is 1.69 bits per heavy atom. The molecule has 1 heterocycles. The molecule has 0 saturated heterocycles. The van der Waals surface area contributed by atoms with E-state index in [9.17, 15) is 4.79 Å². The molecule has 72 valence electrons. The van der Waals surface area contributed by atoms with E-state index in [2.05, 4.69) is 41.5 Å². The van der Waals surface area contributed by atoms with Gasteiger partial charge in [-0.15, -0.1) is 0 Å². The van der Waals surface area contributed by atoms with Crippen molar-refractivity contribution >= 4 is 28.9 Å². The van der Waals surface area contributed by atoms with Gasteiger partial charge < -0.3 is 0 Å². The summed E-state index contributed by atoms with van der Waals surface area (Å²) < 4.78 is 2.63. The predicted octanol–water partition coefficient (Wildman–Crippen LogP) is 2.35. The van der Waals surface area contributed by atoms with Crippen LogP contribution in [0.15, 0.2) is 6.20 Å². The van der Waals surface area contributed by atoms with Crippen molar-refractivity contribution in [2.45, 2.75) is 26.8 Å². The van der Waals surface area contributed by atoms with Gasteiger partial charge in [0.2, 0.25) is 0 Å². The molecule has 13 heavy (non-hydrogen) atoms. The van der Waals surface area contributed by atoms with E-state index in [1.165, 1.54) is 0 Å². The fourth-order valence-corrected chi connectivity index (χ4v) is 1.54. The number of carbonyl (C=O) groups is 1. The van der Waals surface area contributed by atoms with E-state index in [1.54, 1.807) is 6.20 Å². The van der Waals surface area contributed by atoms with E-state index in [-0.39, 0.29) is 0 Å². The van der Waals surface area contributed by atoms with Crippen molar-refractivity contribution in [3.05, 3.63) is 15.5 Å². The SMILES string of the molecule is CC(C)CCn1cc(C=O)c(I)n1. The number of hydrogen-bond acceptors (Lipinski definition) is 2. The average molecular weight is 292 g/mol. The second kappa shape index (κ2) is 4.74. The molecular weight excluding hydrogens is 279 g/mol. The van der Waals surface area contributed by atoms with Gasteiger partial charge in [0.05, 0.1) is 5.56 Å². The molecule has 4 heteroatoms. The Labute approximate surface area is 91.7 Å². The molecule has 0 aliphatic carbocycles. The van der Waals surface area contributed by atoms with Crippen LogP contribution in [0, 0.1) is 9.62 Å². The lowest BCUT2D eigenvalue weighted by atomic mass is 10.1. The molecule has 0 bridgehead atoms. The minimum atomic E-state index is 0.668. The highest BCUT2D eigenvalue weighted by Gasteiger charge is 2.04. The second-order valence-electron chi connectivity index (χ2n) is 3.44. The quantitative estimate of drug-likeness (QED) is 0.630. The molecule has 0 aliphatic rings. The predicted molar refractivity (Wildman–Crippen MR) is 59.8 cm³/mol. The first-order chi connectivity index (χ1) is 6.13. The monoisotopic (exact) mass is 292 g/mol. The fraction of sp³-hybridized carbons (Fsp3) is 0.556. The van der Waals surface area contributed by atoms with Crippen molar-refractivity contribution in [2.75, 3.05) is 0 Å². The van der Waals surface area contributed by atoms with E-state index < -0.39 is 0 Å². The lowest BCUT2D eigenvalue weighted by Gasteiger charge is -2.03. The molecule has 1 aromatic heterocycles. The Morgan fingerprint density at radius 3 is 2.85 bits per heavy atom. The lowest BCUT2D eigenvalue weighted by Crippen LogP contribution is -2.01. The minimum Gasteiger partial charge on any atom is -0.298 e. The molecule has 0 spiro atoms. The van der Waals surface area contributed by atoms with Crippen LogP contribution in [0.1, 0.15) is 30.6 Å². The summed E-state index contributed by atoms with van der Waals surface area (Å²) in [6.45, 7) is 5.24. The van der Waals surface area contributed by atoms with Crippen LogP contribution in [0.5, 0.6) is 0 Å². The van der Waals surface area contributed by atoms with Gasteiger partial charge in [-0.2, -0.15) is 5.10 Å². The summed E-state index contributed by atoms with van der Waals surface area (Å²) in [5, 5.41) is 4.23. The van der Waals surface area contributed by atoms with E-state index in [0.717, 1.165) is 23.0 Å². The lowest BCUT2D eigenvalue weighted by molar-refractivity contribution is 0.112. The second-order valence-corrected chi connectivity index (χ2v) is 4.46. The molecule has 3 nitrogen and oxygen atoms in total. The van der Waals surface area contributed by atoms with Crippen LogP contribution in [-0.4, -0.2) is 16.1 Å². The number of aromatic nitrogens is 2. The summed E-state index contributed by atoms with van der Waals surface area (Å²) in [5.41, 5.74) is 0.685. The fourth-order valence-electron chi connectivity index (χ4n) is 0.997. The highest BCUT2D eigenvalue weighted by Crippen LogP contribution is 2.09. The molecule has 0 aromatic carbocycles. The maximum absolute atomic E-state index is 10.5.